The summed E-state index contributed by atoms with van der Waals surface area (Å²) >= 11 is 4.37. The van der Waals surface area contributed by atoms with E-state index < -0.39 is 11.8 Å². The van der Waals surface area contributed by atoms with Crippen LogP contribution in [-0.2, 0) is 15.3 Å². The van der Waals surface area contributed by atoms with Gasteiger partial charge in [0.05, 0.1) is 18.1 Å². The third-order valence-corrected chi connectivity index (χ3v) is 4.36. The van der Waals surface area contributed by atoms with Crippen molar-refractivity contribution in [1.29, 1.82) is 0 Å². The fourth-order valence-corrected chi connectivity index (χ4v) is 3.13. The van der Waals surface area contributed by atoms with Gasteiger partial charge < -0.3 is 14.6 Å². The van der Waals surface area contributed by atoms with Crippen LogP contribution in [0.15, 0.2) is 10.5 Å². The Bertz CT molecular complexity index is 395. The number of carboxylic acids is 1. The van der Waals surface area contributed by atoms with Crippen LogP contribution < -0.4 is 0 Å². The van der Waals surface area contributed by atoms with Crippen LogP contribution in [-0.4, -0.2) is 24.3 Å². The molecule has 0 unspecified atom stereocenters. The average molecular weight is 293 g/mol. The van der Waals surface area contributed by atoms with Crippen LogP contribution >= 0.6 is 27.3 Å². The predicted octanol–water partition coefficient (Wildman–Crippen LogP) is 2.43. The molecule has 0 saturated carbocycles. The van der Waals surface area contributed by atoms with Crippen LogP contribution in [0.4, 0.5) is 0 Å². The molecule has 82 valence electrons. The molecule has 2 rings (SSSR count). The molecule has 1 aromatic rings. The van der Waals surface area contributed by atoms with E-state index in [1.54, 1.807) is 13.0 Å². The number of ether oxygens (including phenoxy) is 2. The van der Waals surface area contributed by atoms with Crippen molar-refractivity contribution < 1.29 is 19.4 Å². The van der Waals surface area contributed by atoms with E-state index in [1.807, 2.05) is 0 Å². The van der Waals surface area contributed by atoms with Crippen molar-refractivity contribution in [1.82, 2.24) is 0 Å². The summed E-state index contributed by atoms with van der Waals surface area (Å²) in [6, 6.07) is 1.74. The minimum absolute atomic E-state index is 0.269. The lowest BCUT2D eigenvalue weighted by atomic mass is 10.2. The topological polar surface area (TPSA) is 55.8 Å². The first-order valence-electron chi connectivity index (χ1n) is 4.34. The molecule has 15 heavy (non-hydrogen) atoms. The normalized spacial score (nSPS) is 19.3. The third-order valence-electron chi connectivity index (χ3n) is 2.17. The summed E-state index contributed by atoms with van der Waals surface area (Å²) in [6.07, 6.45) is 0. The first-order valence-corrected chi connectivity index (χ1v) is 5.95. The molecular formula is C9H9BrO4S. The molecule has 0 aliphatic carbocycles. The van der Waals surface area contributed by atoms with Crippen molar-refractivity contribution >= 4 is 33.2 Å². The Morgan fingerprint density at radius 2 is 2.20 bits per heavy atom. The van der Waals surface area contributed by atoms with Gasteiger partial charge in [-0.25, -0.2) is 4.79 Å². The Labute approximate surface area is 98.9 Å². The quantitative estimate of drug-likeness (QED) is 0.910. The minimum atomic E-state index is -0.945. The van der Waals surface area contributed by atoms with Gasteiger partial charge in [-0.2, -0.15) is 0 Å². The van der Waals surface area contributed by atoms with Gasteiger partial charge in [0.2, 0.25) is 5.79 Å². The number of thiophene rings is 1. The van der Waals surface area contributed by atoms with Gasteiger partial charge in [-0.05, 0) is 28.9 Å². The molecule has 0 radical (unpaired) electrons. The van der Waals surface area contributed by atoms with Gasteiger partial charge in [0, 0.05) is 4.47 Å². The maximum atomic E-state index is 10.9. The van der Waals surface area contributed by atoms with E-state index in [2.05, 4.69) is 15.9 Å². The molecule has 0 aromatic carbocycles. The number of hydrogen-bond acceptors (Lipinski definition) is 4. The van der Waals surface area contributed by atoms with Crippen LogP contribution in [0.2, 0.25) is 0 Å². The molecule has 1 fully saturated rings. The van der Waals surface area contributed by atoms with E-state index >= 15 is 0 Å². The van der Waals surface area contributed by atoms with Crippen LogP contribution in [0.5, 0.6) is 0 Å². The maximum Gasteiger partial charge on any atom is 0.347 e. The second kappa shape index (κ2) is 3.86. The van der Waals surface area contributed by atoms with E-state index in [0.29, 0.717) is 17.7 Å². The highest BCUT2D eigenvalue weighted by Gasteiger charge is 2.36. The van der Waals surface area contributed by atoms with Gasteiger partial charge in [-0.3, -0.25) is 0 Å². The number of carboxylic acid groups (broad SMARTS) is 1. The van der Waals surface area contributed by atoms with Crippen LogP contribution in [0.25, 0.3) is 0 Å². The highest BCUT2D eigenvalue weighted by Crippen LogP contribution is 2.39. The van der Waals surface area contributed by atoms with E-state index in [1.165, 1.54) is 11.3 Å². The van der Waals surface area contributed by atoms with E-state index in [4.69, 9.17) is 14.6 Å². The first kappa shape index (κ1) is 11.1. The van der Waals surface area contributed by atoms with Crippen molar-refractivity contribution in [2.45, 2.75) is 12.7 Å². The molecule has 1 aliphatic rings. The van der Waals surface area contributed by atoms with Crippen LogP contribution in [0.3, 0.4) is 0 Å². The van der Waals surface area contributed by atoms with E-state index in [-0.39, 0.29) is 4.88 Å². The van der Waals surface area contributed by atoms with E-state index in [9.17, 15) is 4.79 Å². The van der Waals surface area contributed by atoms with Gasteiger partial charge >= 0.3 is 5.97 Å². The molecule has 4 nitrogen and oxygen atoms in total. The lowest BCUT2D eigenvalue weighted by Gasteiger charge is -2.19. The number of hydrogen-bond donors (Lipinski definition) is 1. The molecule has 0 atom stereocenters. The zero-order chi connectivity index (χ0) is 11.1. The summed E-state index contributed by atoms with van der Waals surface area (Å²) in [5.74, 6) is -1.74. The summed E-state index contributed by atoms with van der Waals surface area (Å²) in [7, 11) is 0. The molecule has 1 aliphatic heterocycles. The SMILES string of the molecule is CC1(c2cc(Br)c(C(=O)O)s2)OCCO1. The number of aromatic carboxylic acids is 1. The fourth-order valence-electron chi connectivity index (χ4n) is 1.40. The first-order chi connectivity index (χ1) is 7.03. The standard InChI is InChI=1S/C9H9BrO4S/c1-9(13-2-3-14-9)6-4-5(10)7(15-6)8(11)12/h4H,2-3H2,1H3,(H,11,12). The van der Waals surface area contributed by atoms with Gasteiger partial charge in [0.25, 0.3) is 0 Å². The molecule has 1 N–H and O–H groups in total. The van der Waals surface area contributed by atoms with E-state index in [0.717, 1.165) is 4.88 Å². The number of halogens is 1. The Hall–Kier alpha value is -0.430. The highest BCUT2D eigenvalue weighted by molar-refractivity contribution is 9.10. The van der Waals surface area contributed by atoms with Gasteiger partial charge in [-0.1, -0.05) is 0 Å². The van der Waals surface area contributed by atoms with Crippen LogP contribution in [0.1, 0.15) is 21.5 Å². The summed E-state index contributed by atoms with van der Waals surface area (Å²) in [4.78, 5) is 11.9. The lowest BCUT2D eigenvalue weighted by Crippen LogP contribution is -2.20. The zero-order valence-electron chi connectivity index (χ0n) is 7.95. The number of rotatable bonds is 2. The molecular weight excluding hydrogens is 284 g/mol. The van der Waals surface area contributed by atoms with Gasteiger partial charge in [0.15, 0.2) is 0 Å². The molecule has 6 heteroatoms. The molecule has 1 aromatic heterocycles. The summed E-state index contributed by atoms with van der Waals surface area (Å²) < 4.78 is 11.5. The second-order valence-electron chi connectivity index (χ2n) is 3.24. The van der Waals surface area contributed by atoms with Crippen molar-refractivity contribution in [3.05, 3.63) is 20.3 Å². The fraction of sp³-hybridized carbons (Fsp3) is 0.444. The third kappa shape index (κ3) is 1.94. The molecule has 0 spiro atoms. The lowest BCUT2D eigenvalue weighted by molar-refractivity contribution is -0.146. The maximum absolute atomic E-state index is 10.9. The Morgan fingerprint density at radius 3 is 2.67 bits per heavy atom. The zero-order valence-corrected chi connectivity index (χ0v) is 10.4. The van der Waals surface area contributed by atoms with Crippen LogP contribution in [0, 0.1) is 0 Å². The monoisotopic (exact) mass is 292 g/mol. The second-order valence-corrected chi connectivity index (χ2v) is 5.14. The largest absolute Gasteiger partial charge is 0.477 e. The summed E-state index contributed by atoms with van der Waals surface area (Å²) in [6.45, 7) is 2.87. The summed E-state index contributed by atoms with van der Waals surface area (Å²) in [5, 5.41) is 8.90. The van der Waals surface area contributed by atoms with Crippen molar-refractivity contribution in [3.63, 3.8) is 0 Å². The van der Waals surface area contributed by atoms with Crippen molar-refractivity contribution in [3.8, 4) is 0 Å². The Balaban J connectivity index is 2.37. The average Bonchev–Trinajstić information content (AvgIpc) is 2.72. The molecule has 2 heterocycles. The van der Waals surface area contributed by atoms with Gasteiger partial charge in [0.1, 0.15) is 4.88 Å². The highest BCUT2D eigenvalue weighted by atomic mass is 79.9. The smallest absolute Gasteiger partial charge is 0.347 e. The number of carbonyl (C=O) groups is 1. The predicted molar refractivity (Wildman–Crippen MR) is 58.2 cm³/mol. The molecule has 0 bridgehead atoms. The molecule has 1 saturated heterocycles. The minimum Gasteiger partial charge on any atom is -0.477 e. The summed E-state index contributed by atoms with van der Waals surface area (Å²) in [5.41, 5.74) is 0. The van der Waals surface area contributed by atoms with Gasteiger partial charge in [-0.15, -0.1) is 11.3 Å². The Kier molecular flexibility index (Phi) is 2.85. The van der Waals surface area contributed by atoms with Crippen molar-refractivity contribution in [2.75, 3.05) is 13.2 Å². The Morgan fingerprint density at radius 1 is 1.60 bits per heavy atom. The molecule has 0 amide bonds. The van der Waals surface area contributed by atoms with Crippen molar-refractivity contribution in [2.24, 2.45) is 0 Å².